The normalized spacial score (nSPS) is 20.1. The SMILES string of the molecule is CCCC1CCC(c2ccc(C(F)=C(F)c3ccc(OCC)c(F)c3F)cc2)CC1. The molecule has 0 N–H and O–H groups in total. The van der Waals surface area contributed by atoms with Gasteiger partial charge in [-0.3, -0.25) is 0 Å². The molecule has 2 aromatic carbocycles. The standard InChI is InChI=1S/C25H28F4O/c1-3-5-16-6-8-17(9-7-16)18-10-12-19(13-11-18)22(26)23(27)20-14-15-21(30-4-2)25(29)24(20)28/h10-17H,3-9H2,1-2H3. The molecular formula is C25H28F4O. The second-order valence-electron chi connectivity index (χ2n) is 7.93. The van der Waals surface area contributed by atoms with Crippen molar-refractivity contribution in [3.63, 3.8) is 0 Å². The molecule has 5 heteroatoms. The van der Waals surface area contributed by atoms with Crippen LogP contribution >= 0.6 is 0 Å². The lowest BCUT2D eigenvalue weighted by Crippen LogP contribution is -2.13. The van der Waals surface area contributed by atoms with Crippen LogP contribution in [0.5, 0.6) is 5.75 Å². The number of ether oxygens (including phenoxy) is 1. The van der Waals surface area contributed by atoms with Crippen molar-refractivity contribution >= 4 is 11.7 Å². The maximum atomic E-state index is 14.7. The van der Waals surface area contributed by atoms with E-state index in [0.29, 0.717) is 5.92 Å². The largest absolute Gasteiger partial charge is 0.491 e. The van der Waals surface area contributed by atoms with Gasteiger partial charge in [0.25, 0.3) is 0 Å². The van der Waals surface area contributed by atoms with Crippen LogP contribution in [0.1, 0.15) is 75.0 Å². The average Bonchev–Trinajstić information content (AvgIpc) is 2.77. The van der Waals surface area contributed by atoms with E-state index in [4.69, 9.17) is 4.74 Å². The second-order valence-corrected chi connectivity index (χ2v) is 7.93. The molecule has 1 fully saturated rings. The molecule has 0 spiro atoms. The van der Waals surface area contributed by atoms with Gasteiger partial charge in [-0.05, 0) is 62.1 Å². The molecule has 0 atom stereocenters. The molecule has 0 amide bonds. The molecule has 0 radical (unpaired) electrons. The summed E-state index contributed by atoms with van der Waals surface area (Å²) in [4.78, 5) is 0. The fourth-order valence-corrected chi connectivity index (χ4v) is 4.31. The van der Waals surface area contributed by atoms with E-state index in [-0.39, 0.29) is 17.9 Å². The van der Waals surface area contributed by atoms with Crippen LogP contribution in [0.15, 0.2) is 36.4 Å². The molecule has 0 heterocycles. The highest BCUT2D eigenvalue weighted by Crippen LogP contribution is 2.38. The van der Waals surface area contributed by atoms with Crippen LogP contribution < -0.4 is 4.74 Å². The Labute approximate surface area is 175 Å². The number of hydrogen-bond acceptors (Lipinski definition) is 1. The van der Waals surface area contributed by atoms with Crippen molar-refractivity contribution in [2.24, 2.45) is 5.92 Å². The molecule has 162 valence electrons. The zero-order valence-corrected chi connectivity index (χ0v) is 17.5. The van der Waals surface area contributed by atoms with Crippen molar-refractivity contribution in [3.05, 3.63) is 64.7 Å². The summed E-state index contributed by atoms with van der Waals surface area (Å²) in [5, 5.41) is 0. The van der Waals surface area contributed by atoms with E-state index in [1.54, 1.807) is 6.92 Å². The van der Waals surface area contributed by atoms with E-state index in [0.717, 1.165) is 36.5 Å². The highest BCUT2D eigenvalue weighted by molar-refractivity contribution is 5.83. The van der Waals surface area contributed by atoms with Gasteiger partial charge >= 0.3 is 0 Å². The van der Waals surface area contributed by atoms with E-state index < -0.39 is 28.9 Å². The van der Waals surface area contributed by atoms with Crippen LogP contribution in [0.2, 0.25) is 0 Å². The lowest BCUT2D eigenvalue weighted by Gasteiger charge is -2.28. The minimum Gasteiger partial charge on any atom is -0.491 e. The molecule has 2 aromatic rings. The molecular weight excluding hydrogens is 392 g/mol. The van der Waals surface area contributed by atoms with E-state index in [2.05, 4.69) is 6.92 Å². The first kappa shape index (κ1) is 22.4. The maximum absolute atomic E-state index is 14.7. The molecule has 0 bridgehead atoms. The fourth-order valence-electron chi connectivity index (χ4n) is 4.31. The molecule has 1 aliphatic carbocycles. The van der Waals surface area contributed by atoms with Crippen LogP contribution in [-0.4, -0.2) is 6.61 Å². The maximum Gasteiger partial charge on any atom is 0.201 e. The minimum absolute atomic E-state index is 0.00427. The molecule has 0 unspecified atom stereocenters. The first-order valence-electron chi connectivity index (χ1n) is 10.7. The molecule has 0 saturated heterocycles. The van der Waals surface area contributed by atoms with Crippen molar-refractivity contribution in [2.75, 3.05) is 6.61 Å². The Bertz CT molecular complexity index is 881. The number of halogens is 4. The van der Waals surface area contributed by atoms with Crippen LogP contribution in [0.25, 0.3) is 11.7 Å². The molecule has 1 aliphatic rings. The molecule has 3 rings (SSSR count). The van der Waals surface area contributed by atoms with Gasteiger partial charge in [0.1, 0.15) is 0 Å². The summed E-state index contributed by atoms with van der Waals surface area (Å²) < 4.78 is 62.4. The zero-order chi connectivity index (χ0) is 21.7. The van der Waals surface area contributed by atoms with Gasteiger partial charge < -0.3 is 4.74 Å². The Balaban J connectivity index is 1.77. The predicted octanol–water partition coefficient (Wildman–Crippen LogP) is 8.20. The van der Waals surface area contributed by atoms with Gasteiger partial charge in [0, 0.05) is 5.56 Å². The smallest absolute Gasteiger partial charge is 0.201 e. The lowest BCUT2D eigenvalue weighted by atomic mass is 9.77. The third kappa shape index (κ3) is 4.88. The molecule has 1 saturated carbocycles. The number of benzene rings is 2. The average molecular weight is 420 g/mol. The van der Waals surface area contributed by atoms with E-state index in [9.17, 15) is 17.6 Å². The zero-order valence-electron chi connectivity index (χ0n) is 17.5. The second kappa shape index (κ2) is 10.1. The van der Waals surface area contributed by atoms with Crippen molar-refractivity contribution < 1.29 is 22.3 Å². The third-order valence-corrected chi connectivity index (χ3v) is 5.96. The van der Waals surface area contributed by atoms with Crippen molar-refractivity contribution in [1.82, 2.24) is 0 Å². The van der Waals surface area contributed by atoms with Gasteiger partial charge in [0.2, 0.25) is 5.82 Å². The summed E-state index contributed by atoms with van der Waals surface area (Å²) in [7, 11) is 0. The molecule has 30 heavy (non-hydrogen) atoms. The minimum atomic E-state index is -1.46. The summed E-state index contributed by atoms with van der Waals surface area (Å²) in [5.74, 6) is -4.53. The van der Waals surface area contributed by atoms with Gasteiger partial charge in [0.05, 0.1) is 12.2 Å². The van der Waals surface area contributed by atoms with Gasteiger partial charge in [-0.2, -0.15) is 4.39 Å². The van der Waals surface area contributed by atoms with Crippen LogP contribution in [0.4, 0.5) is 17.6 Å². The van der Waals surface area contributed by atoms with Gasteiger partial charge in [-0.1, -0.05) is 44.0 Å². The molecule has 0 aliphatic heterocycles. The molecule has 0 aromatic heterocycles. The first-order chi connectivity index (χ1) is 14.5. The quantitative estimate of drug-likeness (QED) is 0.324. The fraction of sp³-hybridized carbons (Fsp3) is 0.440. The monoisotopic (exact) mass is 420 g/mol. The summed E-state index contributed by atoms with van der Waals surface area (Å²) in [5.41, 5.74) is 0.358. The van der Waals surface area contributed by atoms with Gasteiger partial charge in [0.15, 0.2) is 23.2 Å². The summed E-state index contributed by atoms with van der Waals surface area (Å²) >= 11 is 0. The van der Waals surface area contributed by atoms with Crippen molar-refractivity contribution in [3.8, 4) is 5.75 Å². The Morgan fingerprint density at radius 3 is 2.13 bits per heavy atom. The lowest BCUT2D eigenvalue weighted by molar-refractivity contribution is 0.308. The van der Waals surface area contributed by atoms with Crippen LogP contribution in [0, 0.1) is 17.6 Å². The Hall–Kier alpha value is -2.30. The van der Waals surface area contributed by atoms with Crippen LogP contribution in [0.3, 0.4) is 0 Å². The van der Waals surface area contributed by atoms with Crippen molar-refractivity contribution in [2.45, 2.75) is 58.3 Å². The van der Waals surface area contributed by atoms with E-state index >= 15 is 0 Å². The first-order valence-corrected chi connectivity index (χ1v) is 10.7. The topological polar surface area (TPSA) is 9.23 Å². The summed E-state index contributed by atoms with van der Waals surface area (Å²) in [6.07, 6.45) is 7.09. The summed E-state index contributed by atoms with van der Waals surface area (Å²) in [6, 6.07) is 8.71. The van der Waals surface area contributed by atoms with E-state index in [1.165, 1.54) is 37.8 Å². The number of rotatable bonds is 7. The van der Waals surface area contributed by atoms with Gasteiger partial charge in [-0.15, -0.1) is 0 Å². The Kier molecular flexibility index (Phi) is 7.57. The van der Waals surface area contributed by atoms with E-state index in [1.807, 2.05) is 12.1 Å². The Morgan fingerprint density at radius 2 is 1.53 bits per heavy atom. The highest BCUT2D eigenvalue weighted by atomic mass is 19.2. The third-order valence-electron chi connectivity index (χ3n) is 5.96. The van der Waals surface area contributed by atoms with Crippen molar-refractivity contribution in [1.29, 1.82) is 0 Å². The molecule has 1 nitrogen and oxygen atoms in total. The summed E-state index contributed by atoms with van der Waals surface area (Å²) in [6.45, 7) is 3.96. The predicted molar refractivity (Wildman–Crippen MR) is 113 cm³/mol. The number of hydrogen-bond donors (Lipinski definition) is 0. The Morgan fingerprint density at radius 1 is 0.867 bits per heavy atom. The van der Waals surface area contributed by atoms with Gasteiger partial charge in [-0.25, -0.2) is 13.2 Å². The van der Waals surface area contributed by atoms with Crippen LogP contribution in [-0.2, 0) is 0 Å². The highest BCUT2D eigenvalue weighted by Gasteiger charge is 2.23.